The van der Waals surface area contributed by atoms with Crippen LogP contribution in [0.2, 0.25) is 0 Å². The lowest BCUT2D eigenvalue weighted by molar-refractivity contribution is 0.103. The van der Waals surface area contributed by atoms with Crippen LogP contribution < -0.4 is 0 Å². The summed E-state index contributed by atoms with van der Waals surface area (Å²) < 4.78 is 0. The number of hydrogen-bond acceptors (Lipinski definition) is 1. The van der Waals surface area contributed by atoms with Gasteiger partial charge in [0, 0.05) is 11.1 Å². The van der Waals surface area contributed by atoms with E-state index in [4.69, 9.17) is 23.2 Å². The lowest BCUT2D eigenvalue weighted by atomic mass is 9.99. The number of benzene rings is 2. The van der Waals surface area contributed by atoms with Crippen LogP contribution in [0.4, 0.5) is 0 Å². The number of rotatable bonds is 0. The van der Waals surface area contributed by atoms with E-state index in [2.05, 4.69) is 0 Å². The Morgan fingerprint density at radius 3 is 2.58 bits per heavy atom. The van der Waals surface area contributed by atoms with Gasteiger partial charge in [-0.2, -0.15) is 0 Å². The first kappa shape index (κ1) is 11.5. The van der Waals surface area contributed by atoms with E-state index in [0.717, 1.165) is 17.5 Å². The zero-order valence-corrected chi connectivity index (χ0v) is 11.5. The van der Waals surface area contributed by atoms with E-state index in [1.807, 2.05) is 36.4 Å². The van der Waals surface area contributed by atoms with Gasteiger partial charge < -0.3 is 0 Å². The molecule has 0 spiro atoms. The summed E-state index contributed by atoms with van der Waals surface area (Å²) in [6.45, 7) is 0. The smallest absolute Gasteiger partial charge is 0.193 e. The van der Waals surface area contributed by atoms with Gasteiger partial charge in [0.15, 0.2) is 5.78 Å². The second kappa shape index (κ2) is 3.84. The van der Waals surface area contributed by atoms with Crippen molar-refractivity contribution in [1.29, 1.82) is 0 Å². The van der Waals surface area contributed by atoms with Crippen LogP contribution in [0.3, 0.4) is 0 Å². The summed E-state index contributed by atoms with van der Waals surface area (Å²) in [7, 11) is 0. The Bertz CT molecular complexity index is 721. The van der Waals surface area contributed by atoms with Crippen molar-refractivity contribution < 1.29 is 4.79 Å². The molecule has 0 amide bonds. The van der Waals surface area contributed by atoms with Crippen LogP contribution in [0.1, 0.15) is 48.9 Å². The van der Waals surface area contributed by atoms with Crippen molar-refractivity contribution in [3.8, 4) is 0 Å². The Morgan fingerprint density at radius 1 is 0.947 bits per heavy atom. The van der Waals surface area contributed by atoms with Gasteiger partial charge in [0.2, 0.25) is 0 Å². The van der Waals surface area contributed by atoms with E-state index >= 15 is 0 Å². The minimum absolute atomic E-state index is 0.0362. The maximum atomic E-state index is 12.7. The maximum Gasteiger partial charge on any atom is 0.193 e. The Labute approximate surface area is 121 Å². The van der Waals surface area contributed by atoms with Crippen molar-refractivity contribution in [3.63, 3.8) is 0 Å². The molecule has 0 heterocycles. The van der Waals surface area contributed by atoms with Gasteiger partial charge in [0.25, 0.3) is 0 Å². The van der Waals surface area contributed by atoms with Crippen molar-refractivity contribution in [2.75, 3.05) is 0 Å². The average Bonchev–Trinajstić information content (AvgIpc) is 3.23. The standard InChI is InChI=1S/C16H10Cl2O/c17-14-9-3-1-2-4-10(9)16(19)11-6-5-8-7-12(8)13(11)15(14)18/h1-6,14-15H,7H2. The number of halogens is 2. The average molecular weight is 289 g/mol. The summed E-state index contributed by atoms with van der Waals surface area (Å²) in [5.74, 6) is 0.0362. The molecule has 4 rings (SSSR count). The number of carbonyl (C=O) groups excluding carboxylic acids is 1. The van der Waals surface area contributed by atoms with Crippen molar-refractivity contribution in [3.05, 3.63) is 69.8 Å². The van der Waals surface area contributed by atoms with Gasteiger partial charge in [-0.25, -0.2) is 0 Å². The SMILES string of the molecule is O=C1c2ccccc2C(Cl)C(Cl)c2c1ccc1c2C1. The maximum absolute atomic E-state index is 12.7. The lowest BCUT2D eigenvalue weighted by Crippen LogP contribution is -2.03. The van der Waals surface area contributed by atoms with E-state index in [1.54, 1.807) is 0 Å². The molecule has 2 aliphatic rings. The van der Waals surface area contributed by atoms with E-state index in [9.17, 15) is 4.79 Å². The molecule has 2 atom stereocenters. The highest BCUT2D eigenvalue weighted by Gasteiger charge is 2.37. The largest absolute Gasteiger partial charge is 0.289 e. The first-order valence-electron chi connectivity index (χ1n) is 6.25. The highest BCUT2D eigenvalue weighted by molar-refractivity contribution is 6.32. The zero-order chi connectivity index (χ0) is 13.1. The van der Waals surface area contributed by atoms with Crippen LogP contribution in [0.15, 0.2) is 36.4 Å². The predicted octanol–water partition coefficient (Wildman–Crippen LogP) is 4.40. The summed E-state index contributed by atoms with van der Waals surface area (Å²) in [6, 6.07) is 11.4. The molecule has 2 unspecified atom stereocenters. The first-order valence-corrected chi connectivity index (χ1v) is 7.12. The fourth-order valence-corrected chi connectivity index (χ4v) is 3.62. The summed E-state index contributed by atoms with van der Waals surface area (Å²) in [6.07, 6.45) is 0.936. The Morgan fingerprint density at radius 2 is 1.74 bits per heavy atom. The monoisotopic (exact) mass is 288 g/mol. The molecule has 2 aromatic carbocycles. The molecular weight excluding hydrogens is 279 g/mol. The number of hydrogen-bond donors (Lipinski definition) is 0. The minimum Gasteiger partial charge on any atom is -0.289 e. The van der Waals surface area contributed by atoms with Gasteiger partial charge in [-0.15, -0.1) is 23.2 Å². The van der Waals surface area contributed by atoms with Gasteiger partial charge in [-0.1, -0.05) is 36.4 Å². The molecule has 0 bridgehead atoms. The van der Waals surface area contributed by atoms with Crippen LogP contribution in [0, 0.1) is 0 Å². The zero-order valence-electron chi connectivity index (χ0n) is 9.99. The lowest BCUT2D eigenvalue weighted by Gasteiger charge is -2.16. The number of alkyl halides is 2. The fraction of sp³-hybridized carbons (Fsp3) is 0.188. The fourth-order valence-electron chi connectivity index (χ4n) is 2.92. The predicted molar refractivity (Wildman–Crippen MR) is 76.3 cm³/mol. The molecule has 2 aliphatic carbocycles. The molecule has 0 fully saturated rings. The highest BCUT2D eigenvalue weighted by atomic mass is 35.5. The van der Waals surface area contributed by atoms with Crippen molar-refractivity contribution in [2.24, 2.45) is 0 Å². The van der Waals surface area contributed by atoms with E-state index < -0.39 is 0 Å². The third-order valence-corrected chi connectivity index (χ3v) is 5.06. The summed E-state index contributed by atoms with van der Waals surface area (Å²) in [4.78, 5) is 12.7. The van der Waals surface area contributed by atoms with Gasteiger partial charge in [-0.05, 0) is 28.7 Å². The molecule has 94 valence electrons. The highest BCUT2D eigenvalue weighted by Crippen LogP contribution is 2.50. The van der Waals surface area contributed by atoms with E-state index in [1.165, 1.54) is 11.1 Å². The summed E-state index contributed by atoms with van der Waals surface area (Å²) >= 11 is 13.1. The topological polar surface area (TPSA) is 17.1 Å². The molecule has 2 aromatic rings. The van der Waals surface area contributed by atoms with Crippen LogP contribution in [-0.4, -0.2) is 5.78 Å². The summed E-state index contributed by atoms with van der Waals surface area (Å²) in [5, 5.41) is -0.711. The molecule has 0 radical (unpaired) electrons. The molecule has 0 aliphatic heterocycles. The van der Waals surface area contributed by atoms with Crippen LogP contribution in [0.25, 0.3) is 0 Å². The van der Waals surface area contributed by atoms with Crippen molar-refractivity contribution in [2.45, 2.75) is 17.2 Å². The molecule has 19 heavy (non-hydrogen) atoms. The van der Waals surface area contributed by atoms with E-state index in [0.29, 0.717) is 11.1 Å². The second-order valence-electron chi connectivity index (χ2n) is 5.06. The van der Waals surface area contributed by atoms with Crippen molar-refractivity contribution >= 4 is 29.0 Å². The molecule has 0 aromatic heterocycles. The first-order chi connectivity index (χ1) is 9.18. The normalized spacial score (nSPS) is 23.2. The second-order valence-corrected chi connectivity index (χ2v) is 6.00. The van der Waals surface area contributed by atoms with Crippen molar-refractivity contribution in [1.82, 2.24) is 0 Å². The minimum atomic E-state index is -0.366. The Balaban J connectivity index is 2.04. The van der Waals surface area contributed by atoms with Gasteiger partial charge >= 0.3 is 0 Å². The quantitative estimate of drug-likeness (QED) is 0.561. The van der Waals surface area contributed by atoms with Crippen LogP contribution >= 0.6 is 23.2 Å². The van der Waals surface area contributed by atoms with Crippen LogP contribution in [0.5, 0.6) is 0 Å². The third kappa shape index (κ3) is 1.52. The summed E-state index contributed by atoms with van der Waals surface area (Å²) in [5.41, 5.74) is 5.66. The number of ketones is 1. The molecule has 0 N–H and O–H groups in total. The van der Waals surface area contributed by atoms with Gasteiger partial charge in [0.05, 0.1) is 10.8 Å². The molecule has 0 saturated heterocycles. The number of carbonyl (C=O) groups is 1. The molecular formula is C16H10Cl2O. The Kier molecular flexibility index (Phi) is 2.33. The van der Waals surface area contributed by atoms with E-state index in [-0.39, 0.29) is 16.5 Å². The molecule has 0 saturated carbocycles. The third-order valence-electron chi connectivity index (χ3n) is 3.98. The Hall–Kier alpha value is -1.31. The van der Waals surface area contributed by atoms with Crippen LogP contribution in [-0.2, 0) is 6.42 Å². The molecule has 3 heteroatoms. The van der Waals surface area contributed by atoms with Gasteiger partial charge in [-0.3, -0.25) is 4.79 Å². The van der Waals surface area contributed by atoms with Gasteiger partial charge in [0.1, 0.15) is 0 Å². The molecule has 1 nitrogen and oxygen atoms in total. The number of fused-ring (bicyclic) bond motifs is 4.